The number of hydrogen-bond donors (Lipinski definition) is 0. The summed E-state index contributed by atoms with van der Waals surface area (Å²) in [5.41, 5.74) is 0.991. The Bertz CT molecular complexity index is 300. The van der Waals surface area contributed by atoms with Gasteiger partial charge in [0.1, 0.15) is 0 Å². The molecular formula is C11H15IN2. The molecule has 3 heteroatoms. The van der Waals surface area contributed by atoms with Gasteiger partial charge in [-0.1, -0.05) is 42.2 Å². The molecule has 1 aliphatic rings. The standard InChI is InChI=1S/C11H15IN2/c1-4-9-6-7-13-8-10(14-5-2)11(9,3)12/h5-9H,2,4H2,1,3H3/b14-10-. The van der Waals surface area contributed by atoms with Gasteiger partial charge in [0.05, 0.1) is 9.13 Å². The minimum Gasteiger partial charge on any atom is -0.263 e. The molecule has 2 atom stereocenters. The minimum atomic E-state index is 0.0111. The molecule has 0 saturated carbocycles. The second kappa shape index (κ2) is 4.87. The quantitative estimate of drug-likeness (QED) is 0.552. The van der Waals surface area contributed by atoms with Crippen LogP contribution >= 0.6 is 22.6 Å². The molecule has 0 aromatic rings. The predicted molar refractivity (Wildman–Crippen MR) is 71.5 cm³/mol. The predicted octanol–water partition coefficient (Wildman–Crippen LogP) is 3.39. The summed E-state index contributed by atoms with van der Waals surface area (Å²) < 4.78 is 0.0111. The van der Waals surface area contributed by atoms with Gasteiger partial charge >= 0.3 is 0 Å². The van der Waals surface area contributed by atoms with E-state index in [2.05, 4.69) is 59.1 Å². The highest BCUT2D eigenvalue weighted by molar-refractivity contribution is 14.1. The van der Waals surface area contributed by atoms with Gasteiger partial charge in [0.25, 0.3) is 0 Å². The molecule has 0 aliphatic carbocycles. The number of nitrogens with zero attached hydrogens (tertiary/aromatic N) is 2. The van der Waals surface area contributed by atoms with E-state index < -0.39 is 0 Å². The van der Waals surface area contributed by atoms with E-state index in [1.165, 1.54) is 0 Å². The summed E-state index contributed by atoms with van der Waals surface area (Å²) in [6.07, 6.45) is 8.50. The van der Waals surface area contributed by atoms with Gasteiger partial charge in [-0.25, -0.2) is 0 Å². The van der Waals surface area contributed by atoms with Gasteiger partial charge < -0.3 is 0 Å². The number of hydrogen-bond acceptors (Lipinski definition) is 2. The highest BCUT2D eigenvalue weighted by Gasteiger charge is 2.33. The van der Waals surface area contributed by atoms with Crippen LogP contribution in [0.4, 0.5) is 0 Å². The number of rotatable bonds is 2. The third kappa shape index (κ3) is 2.32. The van der Waals surface area contributed by atoms with E-state index in [1.807, 2.05) is 12.4 Å². The second-order valence-electron chi connectivity index (χ2n) is 3.41. The van der Waals surface area contributed by atoms with Crippen molar-refractivity contribution in [3.8, 4) is 0 Å². The molecule has 1 heterocycles. The zero-order valence-electron chi connectivity index (χ0n) is 8.57. The highest BCUT2D eigenvalue weighted by atomic mass is 127. The van der Waals surface area contributed by atoms with Crippen LogP contribution in [0.3, 0.4) is 0 Å². The lowest BCUT2D eigenvalue weighted by atomic mass is 9.88. The normalized spacial score (nSPS) is 34.5. The summed E-state index contributed by atoms with van der Waals surface area (Å²) in [6, 6.07) is 0. The summed E-state index contributed by atoms with van der Waals surface area (Å²) in [5.74, 6) is 0.476. The third-order valence-electron chi connectivity index (χ3n) is 2.47. The molecule has 2 nitrogen and oxygen atoms in total. The van der Waals surface area contributed by atoms with Crippen molar-refractivity contribution in [1.29, 1.82) is 0 Å². The number of alkyl halides is 1. The monoisotopic (exact) mass is 302 g/mol. The molecule has 0 saturated heterocycles. The molecule has 0 bridgehead atoms. The Hall–Kier alpha value is -0.450. The van der Waals surface area contributed by atoms with Gasteiger partial charge in [0, 0.05) is 18.6 Å². The van der Waals surface area contributed by atoms with Crippen molar-refractivity contribution in [2.45, 2.75) is 23.7 Å². The van der Waals surface area contributed by atoms with Crippen LogP contribution < -0.4 is 0 Å². The Morgan fingerprint density at radius 2 is 2.50 bits per heavy atom. The molecular weight excluding hydrogens is 287 g/mol. The molecule has 0 N–H and O–H groups in total. The van der Waals surface area contributed by atoms with Crippen molar-refractivity contribution in [1.82, 2.24) is 0 Å². The van der Waals surface area contributed by atoms with E-state index in [1.54, 1.807) is 6.20 Å². The summed E-state index contributed by atoms with van der Waals surface area (Å²) in [6.45, 7) is 8.00. The van der Waals surface area contributed by atoms with Gasteiger partial charge in [-0.15, -0.1) is 0 Å². The Labute approximate surface area is 99.1 Å². The fourth-order valence-corrected chi connectivity index (χ4v) is 2.47. The SMILES string of the molecule is C=C/N=C1/C=NC=CC(CC)C1(C)I. The first-order valence-electron chi connectivity index (χ1n) is 4.70. The third-order valence-corrected chi connectivity index (χ3v) is 3.82. The lowest BCUT2D eigenvalue weighted by Crippen LogP contribution is -2.35. The van der Waals surface area contributed by atoms with Crippen LogP contribution in [0, 0.1) is 5.92 Å². The van der Waals surface area contributed by atoms with E-state index in [4.69, 9.17) is 0 Å². The maximum absolute atomic E-state index is 4.28. The van der Waals surface area contributed by atoms with Crippen LogP contribution in [0.5, 0.6) is 0 Å². The smallest absolute Gasteiger partial charge is 0.0748 e. The van der Waals surface area contributed by atoms with Gasteiger partial charge in [-0.2, -0.15) is 0 Å². The van der Waals surface area contributed by atoms with E-state index in [-0.39, 0.29) is 3.42 Å². The Morgan fingerprint density at radius 3 is 3.07 bits per heavy atom. The fourth-order valence-electron chi connectivity index (χ4n) is 1.54. The van der Waals surface area contributed by atoms with E-state index >= 15 is 0 Å². The van der Waals surface area contributed by atoms with E-state index in [0.717, 1.165) is 12.1 Å². The summed E-state index contributed by atoms with van der Waals surface area (Å²) >= 11 is 2.44. The summed E-state index contributed by atoms with van der Waals surface area (Å²) in [7, 11) is 0. The van der Waals surface area contributed by atoms with Crippen LogP contribution in [-0.2, 0) is 0 Å². The molecule has 1 rings (SSSR count). The molecule has 0 spiro atoms. The molecule has 1 aliphatic heterocycles. The first-order chi connectivity index (χ1) is 6.62. The molecule has 0 radical (unpaired) electrons. The average molecular weight is 302 g/mol. The first kappa shape index (κ1) is 11.6. The van der Waals surface area contributed by atoms with Crippen molar-refractivity contribution in [2.75, 3.05) is 0 Å². The molecule has 14 heavy (non-hydrogen) atoms. The van der Waals surface area contributed by atoms with Crippen molar-refractivity contribution in [2.24, 2.45) is 15.9 Å². The van der Waals surface area contributed by atoms with Crippen molar-refractivity contribution in [3.05, 3.63) is 25.1 Å². The average Bonchev–Trinajstić information content (AvgIpc) is 2.27. The molecule has 0 amide bonds. The lowest BCUT2D eigenvalue weighted by molar-refractivity contribution is 0.583. The highest BCUT2D eigenvalue weighted by Crippen LogP contribution is 2.34. The van der Waals surface area contributed by atoms with Crippen LogP contribution in [0.2, 0.25) is 0 Å². The molecule has 0 aromatic carbocycles. The van der Waals surface area contributed by atoms with Crippen molar-refractivity contribution >= 4 is 34.5 Å². The van der Waals surface area contributed by atoms with Crippen LogP contribution in [-0.4, -0.2) is 15.3 Å². The van der Waals surface area contributed by atoms with Gasteiger partial charge in [0.15, 0.2) is 0 Å². The molecule has 2 unspecified atom stereocenters. The summed E-state index contributed by atoms with van der Waals surface area (Å²) in [5, 5.41) is 0. The number of aliphatic imine (C=N–C) groups is 2. The largest absolute Gasteiger partial charge is 0.263 e. The zero-order chi connectivity index (χ0) is 10.6. The van der Waals surface area contributed by atoms with Gasteiger partial charge in [0.2, 0.25) is 0 Å². The Kier molecular flexibility index (Phi) is 4.04. The fraction of sp³-hybridized carbons (Fsp3) is 0.455. The van der Waals surface area contributed by atoms with Gasteiger partial charge in [-0.3, -0.25) is 9.98 Å². The Morgan fingerprint density at radius 1 is 1.79 bits per heavy atom. The van der Waals surface area contributed by atoms with Crippen LogP contribution in [0.15, 0.2) is 35.0 Å². The van der Waals surface area contributed by atoms with Crippen molar-refractivity contribution < 1.29 is 0 Å². The maximum atomic E-state index is 4.28. The van der Waals surface area contributed by atoms with E-state index in [9.17, 15) is 0 Å². The lowest BCUT2D eigenvalue weighted by Gasteiger charge is -2.28. The number of allylic oxidation sites excluding steroid dienone is 1. The van der Waals surface area contributed by atoms with Crippen molar-refractivity contribution in [3.63, 3.8) is 0 Å². The molecule has 0 aromatic heterocycles. The molecule has 0 fully saturated rings. The Balaban J connectivity index is 3.09. The second-order valence-corrected chi connectivity index (χ2v) is 5.65. The topological polar surface area (TPSA) is 24.7 Å². The molecule has 76 valence electrons. The van der Waals surface area contributed by atoms with Gasteiger partial charge in [-0.05, 0) is 19.3 Å². The minimum absolute atomic E-state index is 0.0111. The van der Waals surface area contributed by atoms with E-state index in [0.29, 0.717) is 5.92 Å². The number of halogens is 1. The first-order valence-corrected chi connectivity index (χ1v) is 5.78. The van der Waals surface area contributed by atoms with Crippen LogP contribution in [0.25, 0.3) is 0 Å². The zero-order valence-corrected chi connectivity index (χ0v) is 10.7. The van der Waals surface area contributed by atoms with Crippen LogP contribution in [0.1, 0.15) is 20.3 Å². The maximum Gasteiger partial charge on any atom is 0.0748 e. The summed E-state index contributed by atoms with van der Waals surface area (Å²) in [4.78, 5) is 8.45.